The molecule has 90 valence electrons. The van der Waals surface area contributed by atoms with Crippen LogP contribution in [-0.4, -0.2) is 29.9 Å². The number of nitrogens with zero attached hydrogens (tertiary/aromatic N) is 1. The van der Waals surface area contributed by atoms with Crippen molar-refractivity contribution >= 4 is 23.5 Å². The van der Waals surface area contributed by atoms with E-state index < -0.39 is 11.9 Å². The van der Waals surface area contributed by atoms with Crippen LogP contribution in [0.5, 0.6) is 0 Å². The lowest BCUT2D eigenvalue weighted by Gasteiger charge is -2.30. The number of morpholine rings is 1. The van der Waals surface area contributed by atoms with Crippen molar-refractivity contribution in [2.75, 3.05) is 13.1 Å². The summed E-state index contributed by atoms with van der Waals surface area (Å²) in [6.07, 6.45) is 0. The lowest BCUT2D eigenvalue weighted by Crippen LogP contribution is -2.43. The summed E-state index contributed by atoms with van der Waals surface area (Å²) < 4.78 is 4.48. The van der Waals surface area contributed by atoms with E-state index in [0.717, 1.165) is 5.56 Å². The number of cyclic esters (lactones) is 2. The lowest BCUT2D eigenvalue weighted by molar-refractivity contribution is -0.167. The minimum atomic E-state index is -0.505. The number of hydrogen-bond acceptors (Lipinski definition) is 4. The second kappa shape index (κ2) is 4.85. The van der Waals surface area contributed by atoms with Crippen molar-refractivity contribution in [2.45, 2.75) is 13.0 Å². The van der Waals surface area contributed by atoms with Crippen LogP contribution in [0.15, 0.2) is 24.3 Å². The van der Waals surface area contributed by atoms with E-state index in [1.807, 2.05) is 25.1 Å². The molecule has 5 heteroatoms. The van der Waals surface area contributed by atoms with E-state index in [2.05, 4.69) is 4.74 Å². The third-order valence-corrected chi connectivity index (χ3v) is 3.01. The van der Waals surface area contributed by atoms with Gasteiger partial charge in [-0.2, -0.15) is 0 Å². The standard InChI is InChI=1S/C12H12ClNO3/c1-8(9-3-2-4-10(13)5-9)14-6-11(15)17-12(16)7-14/h2-5,8H,6-7H2,1H3. The molecule has 0 N–H and O–H groups in total. The smallest absolute Gasteiger partial charge is 0.327 e. The zero-order valence-corrected chi connectivity index (χ0v) is 10.1. The molecule has 1 atom stereocenters. The van der Waals surface area contributed by atoms with Crippen molar-refractivity contribution in [3.63, 3.8) is 0 Å². The van der Waals surface area contributed by atoms with Crippen LogP contribution in [0.2, 0.25) is 5.02 Å². The molecule has 0 spiro atoms. The Labute approximate surface area is 104 Å². The van der Waals surface area contributed by atoms with Crippen LogP contribution in [0.4, 0.5) is 0 Å². The Kier molecular flexibility index (Phi) is 3.45. The first-order chi connectivity index (χ1) is 8.06. The Morgan fingerprint density at radius 1 is 1.29 bits per heavy atom. The number of ether oxygens (including phenoxy) is 1. The highest BCUT2D eigenvalue weighted by Crippen LogP contribution is 2.23. The number of halogens is 1. The zero-order chi connectivity index (χ0) is 12.4. The first kappa shape index (κ1) is 12.1. The second-order valence-electron chi connectivity index (χ2n) is 3.98. The number of benzene rings is 1. The lowest BCUT2D eigenvalue weighted by atomic mass is 10.1. The third kappa shape index (κ3) is 2.84. The fourth-order valence-corrected chi connectivity index (χ4v) is 2.03. The van der Waals surface area contributed by atoms with Gasteiger partial charge in [0.1, 0.15) is 0 Å². The number of carbonyl (C=O) groups is 2. The highest BCUT2D eigenvalue weighted by atomic mass is 35.5. The summed E-state index contributed by atoms with van der Waals surface area (Å²) >= 11 is 5.91. The summed E-state index contributed by atoms with van der Waals surface area (Å²) in [5.41, 5.74) is 0.972. The molecule has 17 heavy (non-hydrogen) atoms. The molecule has 2 rings (SSSR count). The number of rotatable bonds is 2. The van der Waals surface area contributed by atoms with Gasteiger partial charge in [-0.25, -0.2) is 0 Å². The molecular weight excluding hydrogens is 242 g/mol. The molecule has 1 fully saturated rings. The van der Waals surface area contributed by atoms with Gasteiger partial charge >= 0.3 is 11.9 Å². The molecule has 1 aromatic rings. The van der Waals surface area contributed by atoms with E-state index in [9.17, 15) is 9.59 Å². The maximum atomic E-state index is 11.2. The molecule has 0 radical (unpaired) electrons. The van der Waals surface area contributed by atoms with Crippen molar-refractivity contribution in [1.82, 2.24) is 4.90 Å². The Hall–Kier alpha value is -1.39. The van der Waals surface area contributed by atoms with E-state index in [-0.39, 0.29) is 19.1 Å². The predicted octanol–water partition coefficient (Wildman–Crippen LogP) is 1.79. The first-order valence-electron chi connectivity index (χ1n) is 5.29. The summed E-state index contributed by atoms with van der Waals surface area (Å²) in [4.78, 5) is 24.1. The van der Waals surface area contributed by atoms with Gasteiger partial charge in [-0.3, -0.25) is 14.5 Å². The van der Waals surface area contributed by atoms with Crippen LogP contribution in [0.25, 0.3) is 0 Å². The second-order valence-corrected chi connectivity index (χ2v) is 4.42. The fraction of sp³-hybridized carbons (Fsp3) is 0.333. The average Bonchev–Trinajstić information content (AvgIpc) is 2.26. The quantitative estimate of drug-likeness (QED) is 0.596. The molecule has 1 unspecified atom stereocenters. The van der Waals surface area contributed by atoms with Crippen LogP contribution >= 0.6 is 11.6 Å². The van der Waals surface area contributed by atoms with Crippen LogP contribution in [0, 0.1) is 0 Å². The van der Waals surface area contributed by atoms with Crippen LogP contribution in [0.3, 0.4) is 0 Å². The molecule has 4 nitrogen and oxygen atoms in total. The van der Waals surface area contributed by atoms with Gasteiger partial charge in [-0.05, 0) is 24.6 Å². The van der Waals surface area contributed by atoms with Crippen molar-refractivity contribution < 1.29 is 14.3 Å². The van der Waals surface area contributed by atoms with Gasteiger partial charge in [0.2, 0.25) is 0 Å². The maximum absolute atomic E-state index is 11.2. The average molecular weight is 254 g/mol. The van der Waals surface area contributed by atoms with Gasteiger partial charge in [0.15, 0.2) is 0 Å². The summed E-state index contributed by atoms with van der Waals surface area (Å²) in [6, 6.07) is 7.33. The van der Waals surface area contributed by atoms with Gasteiger partial charge < -0.3 is 4.74 Å². The Bertz CT molecular complexity index is 445. The molecule has 0 amide bonds. The van der Waals surface area contributed by atoms with Gasteiger partial charge in [0.25, 0.3) is 0 Å². The van der Waals surface area contributed by atoms with Crippen LogP contribution < -0.4 is 0 Å². The number of hydrogen-bond donors (Lipinski definition) is 0. The molecular formula is C12H12ClNO3. The third-order valence-electron chi connectivity index (χ3n) is 2.77. The van der Waals surface area contributed by atoms with Crippen LogP contribution in [0.1, 0.15) is 18.5 Å². The summed E-state index contributed by atoms with van der Waals surface area (Å²) in [7, 11) is 0. The number of esters is 2. The summed E-state index contributed by atoms with van der Waals surface area (Å²) in [6.45, 7) is 2.18. The topological polar surface area (TPSA) is 46.6 Å². The zero-order valence-electron chi connectivity index (χ0n) is 9.35. The van der Waals surface area contributed by atoms with Crippen LogP contribution in [-0.2, 0) is 14.3 Å². The Balaban J connectivity index is 2.16. The summed E-state index contributed by atoms with van der Waals surface area (Å²) in [5.74, 6) is -1.01. The van der Waals surface area contributed by atoms with Gasteiger partial charge in [-0.15, -0.1) is 0 Å². The van der Waals surface area contributed by atoms with E-state index in [1.54, 1.807) is 11.0 Å². The largest absolute Gasteiger partial charge is 0.391 e. The SMILES string of the molecule is CC(c1cccc(Cl)c1)N1CC(=O)OC(=O)C1. The molecule has 0 aliphatic carbocycles. The van der Waals surface area contributed by atoms with E-state index >= 15 is 0 Å². The highest BCUT2D eigenvalue weighted by molar-refractivity contribution is 6.30. The molecule has 1 aliphatic rings. The maximum Gasteiger partial charge on any atom is 0.327 e. The van der Waals surface area contributed by atoms with Crippen molar-refractivity contribution in [3.8, 4) is 0 Å². The summed E-state index contributed by atoms with van der Waals surface area (Å²) in [5, 5.41) is 0.639. The van der Waals surface area contributed by atoms with E-state index in [4.69, 9.17) is 11.6 Å². The van der Waals surface area contributed by atoms with Crippen molar-refractivity contribution in [3.05, 3.63) is 34.9 Å². The van der Waals surface area contributed by atoms with Gasteiger partial charge in [0.05, 0.1) is 13.1 Å². The molecule has 1 heterocycles. The normalized spacial score (nSPS) is 18.9. The van der Waals surface area contributed by atoms with Gasteiger partial charge in [0, 0.05) is 11.1 Å². The Morgan fingerprint density at radius 2 is 1.94 bits per heavy atom. The highest BCUT2D eigenvalue weighted by Gasteiger charge is 2.28. The fourth-order valence-electron chi connectivity index (χ4n) is 1.83. The van der Waals surface area contributed by atoms with E-state index in [1.165, 1.54) is 0 Å². The Morgan fingerprint density at radius 3 is 2.53 bits per heavy atom. The number of carbonyl (C=O) groups excluding carboxylic acids is 2. The molecule has 0 bridgehead atoms. The van der Waals surface area contributed by atoms with Crippen molar-refractivity contribution in [1.29, 1.82) is 0 Å². The van der Waals surface area contributed by atoms with E-state index in [0.29, 0.717) is 5.02 Å². The predicted molar refractivity (Wildman–Crippen MR) is 62.5 cm³/mol. The van der Waals surface area contributed by atoms with Crippen molar-refractivity contribution in [2.24, 2.45) is 0 Å². The molecule has 1 saturated heterocycles. The molecule has 1 aromatic carbocycles. The first-order valence-corrected chi connectivity index (χ1v) is 5.67. The molecule has 0 saturated carbocycles. The van der Waals surface area contributed by atoms with Gasteiger partial charge in [-0.1, -0.05) is 23.7 Å². The minimum Gasteiger partial charge on any atom is -0.391 e. The minimum absolute atomic E-state index is 0.0505. The molecule has 1 aliphatic heterocycles. The molecule has 0 aromatic heterocycles. The monoisotopic (exact) mass is 253 g/mol.